The summed E-state index contributed by atoms with van der Waals surface area (Å²) in [6.45, 7) is 3.40. The number of aryl methyl sites for hydroxylation is 1. The number of hydrogen-bond acceptors (Lipinski definition) is 5. The van der Waals surface area contributed by atoms with Crippen molar-refractivity contribution in [1.29, 1.82) is 0 Å². The summed E-state index contributed by atoms with van der Waals surface area (Å²) in [5.74, 6) is -0.0666. The van der Waals surface area contributed by atoms with Gasteiger partial charge in [-0.2, -0.15) is 11.3 Å². The van der Waals surface area contributed by atoms with Crippen molar-refractivity contribution >= 4 is 48.0 Å². The molecule has 2 amide bonds. The van der Waals surface area contributed by atoms with Gasteiger partial charge in [0, 0.05) is 43.0 Å². The molecule has 29 heavy (non-hydrogen) atoms. The van der Waals surface area contributed by atoms with Crippen molar-refractivity contribution in [2.24, 2.45) is 5.73 Å². The highest BCUT2D eigenvalue weighted by Gasteiger charge is 2.28. The monoisotopic (exact) mass is 458 g/mol. The highest BCUT2D eigenvalue weighted by atomic mass is 35.5. The van der Waals surface area contributed by atoms with Crippen molar-refractivity contribution < 1.29 is 9.59 Å². The van der Waals surface area contributed by atoms with Crippen molar-refractivity contribution in [1.82, 2.24) is 15.2 Å². The van der Waals surface area contributed by atoms with Crippen molar-refractivity contribution in [2.45, 2.75) is 38.6 Å². The molecule has 3 heterocycles. The Labute approximate surface area is 188 Å². The summed E-state index contributed by atoms with van der Waals surface area (Å²) in [6, 6.07) is 5.82. The fraction of sp³-hybridized carbons (Fsp3) is 0.450. The number of halogens is 2. The van der Waals surface area contributed by atoms with E-state index in [1.807, 2.05) is 40.8 Å². The number of aromatic nitrogens is 1. The Balaban J connectivity index is 0.00000210. The Kier molecular flexibility index (Phi) is 10.6. The fourth-order valence-electron chi connectivity index (χ4n) is 3.44. The van der Waals surface area contributed by atoms with Crippen LogP contribution in [0.4, 0.5) is 0 Å². The predicted molar refractivity (Wildman–Crippen MR) is 122 cm³/mol. The number of nitrogens with one attached hydrogen (secondary N) is 1. The lowest BCUT2D eigenvalue weighted by atomic mass is 10.00. The van der Waals surface area contributed by atoms with Crippen LogP contribution in [0, 0.1) is 6.92 Å². The Morgan fingerprint density at radius 2 is 2.07 bits per heavy atom. The van der Waals surface area contributed by atoms with E-state index in [4.69, 9.17) is 5.73 Å². The smallest absolute Gasteiger partial charge is 0.256 e. The van der Waals surface area contributed by atoms with Crippen LogP contribution >= 0.6 is 36.2 Å². The van der Waals surface area contributed by atoms with Gasteiger partial charge in [0.05, 0.1) is 17.0 Å². The third-order valence-electron chi connectivity index (χ3n) is 4.93. The van der Waals surface area contributed by atoms with Gasteiger partial charge in [0.15, 0.2) is 0 Å². The second-order valence-corrected chi connectivity index (χ2v) is 7.61. The number of hydrogen-bond donors (Lipinski definition) is 2. The van der Waals surface area contributed by atoms with E-state index in [2.05, 4.69) is 10.3 Å². The van der Waals surface area contributed by atoms with Gasteiger partial charge in [0.25, 0.3) is 5.91 Å². The number of pyridine rings is 1. The third-order valence-corrected chi connectivity index (χ3v) is 5.61. The summed E-state index contributed by atoms with van der Waals surface area (Å²) in [4.78, 5) is 31.4. The van der Waals surface area contributed by atoms with Crippen molar-refractivity contribution in [3.63, 3.8) is 0 Å². The molecule has 0 aromatic carbocycles. The zero-order valence-corrected chi connectivity index (χ0v) is 18.9. The number of piperidine rings is 1. The van der Waals surface area contributed by atoms with Crippen molar-refractivity contribution in [3.8, 4) is 11.3 Å². The highest BCUT2D eigenvalue weighted by Crippen LogP contribution is 2.24. The molecule has 1 unspecified atom stereocenters. The normalized spacial score (nSPS) is 15.8. The first-order chi connectivity index (χ1) is 13.1. The molecule has 1 aliphatic rings. The minimum atomic E-state index is -0.0616. The number of thiophene rings is 1. The minimum Gasteiger partial charge on any atom is -0.354 e. The van der Waals surface area contributed by atoms with E-state index in [0.717, 1.165) is 36.2 Å². The van der Waals surface area contributed by atoms with Crippen LogP contribution in [0.15, 0.2) is 29.0 Å². The van der Waals surface area contributed by atoms with Crippen LogP contribution in [0.3, 0.4) is 0 Å². The van der Waals surface area contributed by atoms with Gasteiger partial charge in [-0.3, -0.25) is 14.6 Å². The molecule has 0 aliphatic carbocycles. The zero-order valence-electron chi connectivity index (χ0n) is 16.4. The minimum absolute atomic E-state index is 0. The Bertz CT molecular complexity index is 802. The molecule has 6 nitrogen and oxygen atoms in total. The molecule has 0 bridgehead atoms. The van der Waals surface area contributed by atoms with E-state index in [-0.39, 0.29) is 42.7 Å². The number of nitrogens with zero attached hydrogens (tertiary/aromatic N) is 2. The van der Waals surface area contributed by atoms with Gasteiger partial charge in [0.1, 0.15) is 0 Å². The third kappa shape index (κ3) is 6.40. The molecule has 160 valence electrons. The van der Waals surface area contributed by atoms with Crippen LogP contribution in [0.1, 0.15) is 41.7 Å². The summed E-state index contributed by atoms with van der Waals surface area (Å²) in [6.07, 6.45) is 3.26. The maximum atomic E-state index is 13.2. The average molecular weight is 459 g/mol. The number of carbonyl (C=O) groups is 2. The van der Waals surface area contributed by atoms with Crippen molar-refractivity contribution in [3.05, 3.63) is 40.2 Å². The van der Waals surface area contributed by atoms with Crippen LogP contribution in [0.5, 0.6) is 0 Å². The summed E-state index contributed by atoms with van der Waals surface area (Å²) in [7, 11) is 0. The van der Waals surface area contributed by atoms with Gasteiger partial charge >= 0.3 is 0 Å². The molecule has 0 spiro atoms. The first kappa shape index (κ1) is 25.4. The van der Waals surface area contributed by atoms with Gasteiger partial charge in [0.2, 0.25) is 5.91 Å². The van der Waals surface area contributed by atoms with E-state index in [1.54, 1.807) is 11.3 Å². The molecule has 1 aliphatic heterocycles. The van der Waals surface area contributed by atoms with Gasteiger partial charge in [-0.05, 0) is 49.8 Å². The molecule has 0 radical (unpaired) electrons. The average Bonchev–Trinajstić information content (AvgIpc) is 3.21. The van der Waals surface area contributed by atoms with Crippen LogP contribution in [0.2, 0.25) is 0 Å². The van der Waals surface area contributed by atoms with Gasteiger partial charge < -0.3 is 16.0 Å². The molecular weight excluding hydrogens is 431 g/mol. The quantitative estimate of drug-likeness (QED) is 0.693. The van der Waals surface area contributed by atoms with Crippen LogP contribution < -0.4 is 11.1 Å². The summed E-state index contributed by atoms with van der Waals surface area (Å²) in [5.41, 5.74) is 8.75. The molecule has 1 saturated heterocycles. The van der Waals surface area contributed by atoms with Crippen LogP contribution in [-0.2, 0) is 4.79 Å². The molecule has 0 saturated carbocycles. The highest BCUT2D eigenvalue weighted by molar-refractivity contribution is 7.08. The van der Waals surface area contributed by atoms with Gasteiger partial charge in [-0.15, -0.1) is 24.8 Å². The number of carbonyl (C=O) groups excluding carboxylic acids is 2. The van der Waals surface area contributed by atoms with E-state index in [0.29, 0.717) is 31.6 Å². The summed E-state index contributed by atoms with van der Waals surface area (Å²) in [5, 5.41) is 6.97. The van der Waals surface area contributed by atoms with E-state index >= 15 is 0 Å². The Morgan fingerprint density at radius 1 is 1.28 bits per heavy atom. The fourth-order valence-corrected chi connectivity index (χ4v) is 4.09. The standard InChI is InChI=1S/C20H26N4O2S.2ClH/c1-14-17(5-6-18(23-14)15-8-11-27-13-15)20(26)24-10-3-2-4-16(24)12-22-19(25)7-9-21;;/h5-6,8,11,13,16H,2-4,7,9-10,12,21H2,1H3,(H,22,25);2*1H. The molecule has 9 heteroatoms. The summed E-state index contributed by atoms with van der Waals surface area (Å²) < 4.78 is 0. The topological polar surface area (TPSA) is 88.3 Å². The first-order valence-corrected chi connectivity index (χ1v) is 10.3. The van der Waals surface area contributed by atoms with Crippen LogP contribution in [0.25, 0.3) is 11.3 Å². The molecule has 3 N–H and O–H groups in total. The SMILES string of the molecule is Cc1nc(-c2ccsc2)ccc1C(=O)N1CCCCC1CNC(=O)CCN.Cl.Cl. The van der Waals surface area contributed by atoms with Gasteiger partial charge in [-0.1, -0.05) is 0 Å². The van der Waals surface area contributed by atoms with Gasteiger partial charge in [-0.25, -0.2) is 0 Å². The number of amides is 2. The lowest BCUT2D eigenvalue weighted by molar-refractivity contribution is -0.121. The molecule has 1 atom stereocenters. The molecule has 1 fully saturated rings. The molecule has 2 aromatic heterocycles. The summed E-state index contributed by atoms with van der Waals surface area (Å²) >= 11 is 1.63. The lowest BCUT2D eigenvalue weighted by Crippen LogP contribution is -2.49. The van der Waals surface area contributed by atoms with Crippen molar-refractivity contribution in [2.75, 3.05) is 19.6 Å². The maximum Gasteiger partial charge on any atom is 0.256 e. The zero-order chi connectivity index (χ0) is 19.2. The number of rotatable bonds is 6. The number of likely N-dealkylation sites (tertiary alicyclic amines) is 1. The Hall–Kier alpha value is -1.67. The van der Waals surface area contributed by atoms with E-state index < -0.39 is 0 Å². The Morgan fingerprint density at radius 3 is 2.72 bits per heavy atom. The molecular formula is C20H28Cl2N4O2S. The second-order valence-electron chi connectivity index (χ2n) is 6.83. The van der Waals surface area contributed by atoms with E-state index in [9.17, 15) is 9.59 Å². The lowest BCUT2D eigenvalue weighted by Gasteiger charge is -2.36. The predicted octanol–water partition coefficient (Wildman–Crippen LogP) is 3.42. The van der Waals surface area contributed by atoms with Crippen LogP contribution in [-0.4, -0.2) is 47.4 Å². The first-order valence-electron chi connectivity index (χ1n) is 9.38. The molecule has 2 aromatic rings. The van der Waals surface area contributed by atoms with E-state index in [1.165, 1.54) is 0 Å². The number of nitrogens with two attached hydrogens (primary N) is 1. The largest absolute Gasteiger partial charge is 0.354 e. The molecule has 3 rings (SSSR count). The maximum absolute atomic E-state index is 13.2. The second kappa shape index (κ2) is 12.1.